The molecule has 2 aromatic carbocycles. The number of methoxy groups -OCH3 is 1. The number of ether oxygens (including phenoxy) is 1. The average molecular weight is 492 g/mol. The summed E-state index contributed by atoms with van der Waals surface area (Å²) >= 11 is 0. The quantitative estimate of drug-likeness (QED) is 0.491. The summed E-state index contributed by atoms with van der Waals surface area (Å²) < 4.78 is 5.19. The third-order valence-electron chi connectivity index (χ3n) is 7.30. The van der Waals surface area contributed by atoms with Gasteiger partial charge in [0.05, 0.1) is 31.6 Å². The van der Waals surface area contributed by atoms with Gasteiger partial charge in [-0.25, -0.2) is 0 Å². The van der Waals surface area contributed by atoms with E-state index >= 15 is 0 Å². The Kier molecular flexibility index (Phi) is 7.74. The number of fused-ring (bicyclic) bond motifs is 1. The number of aliphatic hydroxyl groups excluding tert-OH is 1. The van der Waals surface area contributed by atoms with E-state index in [4.69, 9.17) is 4.74 Å². The SMILES string of the molecule is CNC(=O)[C@H]1[C@@H]2C(=O)N([C@@H](CO)Cc3ccccc3)[C@H](C(=O)Nc3ccc(OC)cc3)[C@H]2C=C[C@H]1C. The van der Waals surface area contributed by atoms with Crippen LogP contribution in [0.5, 0.6) is 5.75 Å². The van der Waals surface area contributed by atoms with Crippen LogP contribution in [0, 0.1) is 23.7 Å². The van der Waals surface area contributed by atoms with Crippen LogP contribution in [0.1, 0.15) is 12.5 Å². The molecule has 1 aliphatic heterocycles. The van der Waals surface area contributed by atoms with Gasteiger partial charge >= 0.3 is 0 Å². The van der Waals surface area contributed by atoms with Gasteiger partial charge in [-0.15, -0.1) is 0 Å². The largest absolute Gasteiger partial charge is 0.497 e. The van der Waals surface area contributed by atoms with E-state index in [0.29, 0.717) is 17.9 Å². The number of nitrogens with zero attached hydrogens (tertiary/aromatic N) is 1. The summed E-state index contributed by atoms with van der Waals surface area (Å²) in [5.41, 5.74) is 1.51. The Morgan fingerprint density at radius 1 is 1.06 bits per heavy atom. The number of rotatable bonds is 8. The number of carbonyl (C=O) groups is 3. The molecule has 2 aromatic rings. The highest BCUT2D eigenvalue weighted by Gasteiger charge is 2.58. The van der Waals surface area contributed by atoms with Crippen LogP contribution in [0.2, 0.25) is 0 Å². The molecule has 8 nitrogen and oxygen atoms in total. The van der Waals surface area contributed by atoms with Gasteiger partial charge in [0.1, 0.15) is 11.8 Å². The minimum absolute atomic E-state index is 0.165. The molecule has 0 unspecified atom stereocenters. The van der Waals surface area contributed by atoms with Crippen LogP contribution >= 0.6 is 0 Å². The van der Waals surface area contributed by atoms with Crippen LogP contribution in [-0.2, 0) is 20.8 Å². The minimum atomic E-state index is -0.874. The Morgan fingerprint density at radius 3 is 2.36 bits per heavy atom. The van der Waals surface area contributed by atoms with Crippen molar-refractivity contribution in [2.75, 3.05) is 26.1 Å². The van der Waals surface area contributed by atoms with Crippen LogP contribution in [0.25, 0.3) is 0 Å². The zero-order chi connectivity index (χ0) is 25.8. The van der Waals surface area contributed by atoms with E-state index in [-0.39, 0.29) is 30.2 Å². The first kappa shape index (κ1) is 25.4. The van der Waals surface area contributed by atoms with Crippen molar-refractivity contribution in [3.63, 3.8) is 0 Å². The molecule has 1 heterocycles. The van der Waals surface area contributed by atoms with Gasteiger partial charge in [0, 0.05) is 18.7 Å². The first-order valence-electron chi connectivity index (χ1n) is 12.2. The second kappa shape index (κ2) is 11.0. The summed E-state index contributed by atoms with van der Waals surface area (Å²) in [4.78, 5) is 42.1. The number of carbonyl (C=O) groups excluding carboxylic acids is 3. The van der Waals surface area contributed by atoms with Crippen molar-refractivity contribution in [2.24, 2.45) is 23.7 Å². The van der Waals surface area contributed by atoms with Crippen LogP contribution in [0.3, 0.4) is 0 Å². The maximum atomic E-state index is 14.0. The summed E-state index contributed by atoms with van der Waals surface area (Å²) in [6.45, 7) is 1.60. The molecule has 36 heavy (non-hydrogen) atoms. The van der Waals surface area contributed by atoms with Crippen molar-refractivity contribution >= 4 is 23.4 Å². The normalized spacial score (nSPS) is 25.7. The Balaban J connectivity index is 1.71. The highest BCUT2D eigenvalue weighted by molar-refractivity contribution is 6.02. The fraction of sp³-hybridized carbons (Fsp3) is 0.393. The summed E-state index contributed by atoms with van der Waals surface area (Å²) in [6.07, 6.45) is 4.19. The maximum absolute atomic E-state index is 14.0. The van der Waals surface area contributed by atoms with E-state index in [1.54, 1.807) is 38.4 Å². The zero-order valence-corrected chi connectivity index (χ0v) is 20.8. The first-order chi connectivity index (χ1) is 17.4. The van der Waals surface area contributed by atoms with Crippen molar-refractivity contribution in [3.8, 4) is 5.75 Å². The van der Waals surface area contributed by atoms with E-state index in [1.807, 2.05) is 49.4 Å². The number of anilines is 1. The lowest BCUT2D eigenvalue weighted by Crippen LogP contribution is -2.51. The van der Waals surface area contributed by atoms with Crippen molar-refractivity contribution in [2.45, 2.75) is 25.4 Å². The van der Waals surface area contributed by atoms with E-state index in [9.17, 15) is 19.5 Å². The molecule has 1 fully saturated rings. The summed E-state index contributed by atoms with van der Waals surface area (Å²) in [7, 11) is 3.12. The zero-order valence-electron chi connectivity index (χ0n) is 20.8. The summed E-state index contributed by atoms with van der Waals surface area (Å²) in [5.74, 6) is -2.17. The molecule has 2 aliphatic rings. The molecule has 3 amide bonds. The van der Waals surface area contributed by atoms with Gasteiger partial charge in [-0.05, 0) is 42.2 Å². The fourth-order valence-electron chi connectivity index (χ4n) is 5.53. The van der Waals surface area contributed by atoms with Gasteiger partial charge in [0.25, 0.3) is 0 Å². The third-order valence-corrected chi connectivity index (χ3v) is 7.30. The molecule has 0 saturated carbocycles. The number of benzene rings is 2. The van der Waals surface area contributed by atoms with E-state index in [0.717, 1.165) is 5.56 Å². The van der Waals surface area contributed by atoms with Gasteiger partial charge in [-0.1, -0.05) is 49.4 Å². The lowest BCUT2D eigenvalue weighted by molar-refractivity contribution is -0.142. The molecule has 0 aromatic heterocycles. The lowest BCUT2D eigenvalue weighted by atomic mass is 9.70. The molecular formula is C28H33N3O5. The maximum Gasteiger partial charge on any atom is 0.247 e. The smallest absolute Gasteiger partial charge is 0.247 e. The molecular weight excluding hydrogens is 458 g/mol. The highest BCUT2D eigenvalue weighted by atomic mass is 16.5. The van der Waals surface area contributed by atoms with E-state index < -0.39 is 29.8 Å². The molecule has 0 bridgehead atoms. The lowest BCUT2D eigenvalue weighted by Gasteiger charge is -2.33. The van der Waals surface area contributed by atoms with Crippen LogP contribution < -0.4 is 15.4 Å². The number of hydrogen-bond acceptors (Lipinski definition) is 5. The predicted octanol–water partition coefficient (Wildman–Crippen LogP) is 2.25. The number of nitrogens with one attached hydrogen (secondary N) is 2. The monoisotopic (exact) mass is 491 g/mol. The first-order valence-corrected chi connectivity index (χ1v) is 12.2. The molecule has 3 N–H and O–H groups in total. The molecule has 4 rings (SSSR count). The second-order valence-electron chi connectivity index (χ2n) is 9.42. The Labute approximate surface area is 211 Å². The van der Waals surface area contributed by atoms with Crippen molar-refractivity contribution in [3.05, 3.63) is 72.3 Å². The number of hydrogen-bond donors (Lipinski definition) is 3. The van der Waals surface area contributed by atoms with Gasteiger partial charge in [0.15, 0.2) is 0 Å². The van der Waals surface area contributed by atoms with Crippen LogP contribution in [0.4, 0.5) is 5.69 Å². The highest BCUT2D eigenvalue weighted by Crippen LogP contribution is 2.45. The van der Waals surface area contributed by atoms with Crippen LogP contribution in [-0.4, -0.2) is 60.6 Å². The number of allylic oxidation sites excluding steroid dienone is 1. The summed E-state index contributed by atoms with van der Waals surface area (Å²) in [6, 6.07) is 15.0. The third kappa shape index (κ3) is 4.86. The van der Waals surface area contributed by atoms with E-state index in [1.165, 1.54) is 4.90 Å². The topological polar surface area (TPSA) is 108 Å². The van der Waals surface area contributed by atoms with Crippen LogP contribution in [0.15, 0.2) is 66.7 Å². The molecule has 0 spiro atoms. The molecule has 6 atom stereocenters. The molecule has 0 radical (unpaired) electrons. The van der Waals surface area contributed by atoms with Gasteiger partial charge in [0.2, 0.25) is 17.7 Å². The number of likely N-dealkylation sites (tertiary alicyclic amines) is 1. The van der Waals surface area contributed by atoms with E-state index in [2.05, 4.69) is 10.6 Å². The Morgan fingerprint density at radius 2 is 1.75 bits per heavy atom. The minimum Gasteiger partial charge on any atom is -0.497 e. The summed E-state index contributed by atoms with van der Waals surface area (Å²) in [5, 5.41) is 16.0. The Hall–Kier alpha value is -3.65. The van der Waals surface area contributed by atoms with Gasteiger partial charge < -0.3 is 25.4 Å². The second-order valence-corrected chi connectivity index (χ2v) is 9.42. The molecule has 190 valence electrons. The van der Waals surface area contributed by atoms with Crippen molar-refractivity contribution in [1.82, 2.24) is 10.2 Å². The number of aliphatic hydroxyl groups is 1. The Bertz CT molecular complexity index is 1120. The number of amides is 3. The van der Waals surface area contributed by atoms with Gasteiger partial charge in [-0.2, -0.15) is 0 Å². The predicted molar refractivity (Wildman–Crippen MR) is 136 cm³/mol. The average Bonchev–Trinajstić information content (AvgIpc) is 3.20. The van der Waals surface area contributed by atoms with Gasteiger partial charge in [-0.3, -0.25) is 14.4 Å². The fourth-order valence-corrected chi connectivity index (χ4v) is 5.53. The van der Waals surface area contributed by atoms with Crippen molar-refractivity contribution < 1.29 is 24.2 Å². The van der Waals surface area contributed by atoms with Crippen molar-refractivity contribution in [1.29, 1.82) is 0 Å². The molecule has 8 heteroatoms. The molecule has 1 aliphatic carbocycles. The standard InChI is InChI=1S/C28H33N3O5/c1-17-9-14-22-24(23(17)26(33)29-2)28(35)31(20(16-32)15-18-7-5-4-6-8-18)25(22)27(34)30-19-10-12-21(36-3)13-11-19/h4-14,17,20,22-25,32H,15-16H2,1-3H3,(H,29,33)(H,30,34)/t17-,20-,22+,23-,24-,25+/m1/s1. The molecule has 1 saturated heterocycles.